The van der Waals surface area contributed by atoms with E-state index in [0.29, 0.717) is 35.5 Å². The van der Waals surface area contributed by atoms with E-state index < -0.39 is 0 Å². The quantitative estimate of drug-likeness (QED) is 0.403. The zero-order chi connectivity index (χ0) is 13.2. The standard InChI is InChI=1S/C16H18N2O2/c19-17-9-3-7-8-4-10(18-20)13-6-2-1-5-11(6)16(15(8)13)14(7)12(5)9/h1-2,5-8,11-16,19-20H,3-4H2/b17-9-,18-10-/t5-,6-,7-,8-,11?,12-,13+,14+,15+,16?/m0/s1. The lowest BCUT2D eigenvalue weighted by Gasteiger charge is -2.21. The first-order valence-electron chi connectivity index (χ1n) is 7.95. The van der Waals surface area contributed by atoms with Gasteiger partial charge in [-0.15, -0.1) is 0 Å². The predicted octanol–water partition coefficient (Wildman–Crippen LogP) is 2.23. The fraction of sp³-hybridized carbons (Fsp3) is 0.750. The molecule has 0 bridgehead atoms. The summed E-state index contributed by atoms with van der Waals surface area (Å²) in [6, 6.07) is 0. The molecule has 2 unspecified atom stereocenters. The molecule has 0 aromatic heterocycles. The summed E-state index contributed by atoms with van der Waals surface area (Å²) in [6.45, 7) is 0. The van der Waals surface area contributed by atoms with E-state index in [1.165, 1.54) is 0 Å². The molecule has 0 radical (unpaired) electrons. The van der Waals surface area contributed by atoms with Crippen LogP contribution in [0.2, 0.25) is 0 Å². The van der Waals surface area contributed by atoms with Crippen LogP contribution in [0.1, 0.15) is 12.8 Å². The zero-order valence-electron chi connectivity index (χ0n) is 11.1. The third-order valence-corrected chi connectivity index (χ3v) is 7.89. The van der Waals surface area contributed by atoms with Gasteiger partial charge in [-0.2, -0.15) is 0 Å². The Bertz CT molecular complexity index is 560. The lowest BCUT2D eigenvalue weighted by atomic mass is 9.83. The Labute approximate surface area is 117 Å². The molecule has 10 atom stereocenters. The molecule has 0 heterocycles. The van der Waals surface area contributed by atoms with Crippen LogP contribution in [-0.4, -0.2) is 21.8 Å². The van der Waals surface area contributed by atoms with Gasteiger partial charge in [0.25, 0.3) is 0 Å². The Morgan fingerprint density at radius 1 is 0.750 bits per heavy atom. The predicted molar refractivity (Wildman–Crippen MR) is 71.7 cm³/mol. The van der Waals surface area contributed by atoms with Crippen LogP contribution in [0.3, 0.4) is 0 Å². The van der Waals surface area contributed by atoms with Gasteiger partial charge in [-0.25, -0.2) is 0 Å². The van der Waals surface area contributed by atoms with Crippen molar-refractivity contribution in [2.45, 2.75) is 12.8 Å². The van der Waals surface area contributed by atoms with E-state index in [-0.39, 0.29) is 0 Å². The van der Waals surface area contributed by atoms with Crippen LogP contribution in [0, 0.1) is 59.2 Å². The second-order valence-corrected chi connectivity index (χ2v) is 7.82. The largest absolute Gasteiger partial charge is 0.411 e. The van der Waals surface area contributed by atoms with Crippen LogP contribution < -0.4 is 0 Å². The van der Waals surface area contributed by atoms with E-state index in [4.69, 9.17) is 0 Å². The molecule has 104 valence electrons. The molecule has 2 N–H and O–H groups in total. The summed E-state index contributed by atoms with van der Waals surface area (Å²) in [7, 11) is 0. The number of rotatable bonds is 0. The maximum atomic E-state index is 9.41. The van der Waals surface area contributed by atoms with Gasteiger partial charge in [0.15, 0.2) is 0 Å². The van der Waals surface area contributed by atoms with Crippen LogP contribution in [0.25, 0.3) is 0 Å². The monoisotopic (exact) mass is 270 g/mol. The molecule has 20 heavy (non-hydrogen) atoms. The van der Waals surface area contributed by atoms with Crippen LogP contribution in [0.15, 0.2) is 22.5 Å². The van der Waals surface area contributed by atoms with Crippen molar-refractivity contribution in [2.75, 3.05) is 0 Å². The maximum Gasteiger partial charge on any atom is 0.0613 e. The van der Waals surface area contributed by atoms with Crippen molar-refractivity contribution >= 4 is 11.4 Å². The highest BCUT2D eigenvalue weighted by Crippen LogP contribution is 2.77. The summed E-state index contributed by atoms with van der Waals surface area (Å²) >= 11 is 0. The lowest BCUT2D eigenvalue weighted by Crippen LogP contribution is -2.23. The highest BCUT2D eigenvalue weighted by Gasteiger charge is 2.76. The molecule has 0 amide bonds. The molecule has 5 fully saturated rings. The molecule has 4 nitrogen and oxygen atoms in total. The Morgan fingerprint density at radius 2 is 1.25 bits per heavy atom. The van der Waals surface area contributed by atoms with Crippen molar-refractivity contribution < 1.29 is 10.4 Å². The summed E-state index contributed by atoms with van der Waals surface area (Å²) in [6.07, 6.45) is 6.75. The van der Waals surface area contributed by atoms with Crippen molar-refractivity contribution in [2.24, 2.45) is 69.5 Å². The third-order valence-electron chi connectivity index (χ3n) is 7.89. The van der Waals surface area contributed by atoms with Gasteiger partial charge in [-0.05, 0) is 60.2 Å². The average Bonchev–Trinajstić information content (AvgIpc) is 3.18. The number of hydrogen-bond donors (Lipinski definition) is 2. The Balaban J connectivity index is 1.60. The molecule has 0 spiro atoms. The molecule has 0 aliphatic heterocycles. The van der Waals surface area contributed by atoms with Gasteiger partial charge in [0.2, 0.25) is 0 Å². The van der Waals surface area contributed by atoms with Gasteiger partial charge in [0.1, 0.15) is 0 Å². The van der Waals surface area contributed by atoms with Crippen molar-refractivity contribution in [1.82, 2.24) is 0 Å². The molecule has 0 aromatic rings. The zero-order valence-corrected chi connectivity index (χ0v) is 11.1. The van der Waals surface area contributed by atoms with E-state index in [1.807, 2.05) is 0 Å². The van der Waals surface area contributed by atoms with Gasteiger partial charge in [0.05, 0.1) is 11.4 Å². The second kappa shape index (κ2) is 2.97. The number of nitrogens with zero attached hydrogens (tertiary/aromatic N) is 2. The first-order chi connectivity index (χ1) is 9.85. The van der Waals surface area contributed by atoms with Crippen molar-refractivity contribution in [3.8, 4) is 0 Å². The minimum absolute atomic E-state index is 0.516. The van der Waals surface area contributed by atoms with Gasteiger partial charge >= 0.3 is 0 Å². The van der Waals surface area contributed by atoms with E-state index in [9.17, 15) is 10.4 Å². The van der Waals surface area contributed by atoms with E-state index in [1.54, 1.807) is 0 Å². The van der Waals surface area contributed by atoms with Gasteiger partial charge in [0, 0.05) is 11.8 Å². The first kappa shape index (κ1) is 10.4. The molecule has 6 rings (SSSR count). The highest BCUT2D eigenvalue weighted by atomic mass is 16.4. The van der Waals surface area contributed by atoms with E-state index >= 15 is 0 Å². The minimum atomic E-state index is 0.516. The first-order valence-corrected chi connectivity index (χ1v) is 7.95. The normalized spacial score (nSPS) is 67.0. The van der Waals surface area contributed by atoms with Crippen LogP contribution in [0.4, 0.5) is 0 Å². The summed E-state index contributed by atoms with van der Waals surface area (Å²) < 4.78 is 0. The summed E-state index contributed by atoms with van der Waals surface area (Å²) in [5.41, 5.74) is 2.13. The van der Waals surface area contributed by atoms with E-state index in [2.05, 4.69) is 22.5 Å². The number of fused-ring (bicyclic) bond motifs is 3. The second-order valence-electron chi connectivity index (χ2n) is 7.82. The number of oxime groups is 2. The molecule has 0 aromatic carbocycles. The smallest absolute Gasteiger partial charge is 0.0613 e. The molecule has 6 aliphatic carbocycles. The molecule has 4 heteroatoms. The van der Waals surface area contributed by atoms with Crippen molar-refractivity contribution in [1.29, 1.82) is 0 Å². The topological polar surface area (TPSA) is 65.2 Å². The summed E-state index contributed by atoms with van der Waals surface area (Å²) in [5, 5.41) is 26.2. The van der Waals surface area contributed by atoms with Crippen molar-refractivity contribution in [3.63, 3.8) is 0 Å². The van der Waals surface area contributed by atoms with Gasteiger partial charge < -0.3 is 10.4 Å². The maximum absolute atomic E-state index is 9.41. The fourth-order valence-electron chi connectivity index (χ4n) is 7.87. The molecular weight excluding hydrogens is 252 g/mol. The fourth-order valence-corrected chi connectivity index (χ4v) is 7.87. The highest BCUT2D eigenvalue weighted by molar-refractivity contribution is 5.94. The average molecular weight is 270 g/mol. The molecule has 6 aliphatic rings. The molecular formula is C16H18N2O2. The molecule has 0 saturated heterocycles. The summed E-state index contributed by atoms with van der Waals surface area (Å²) in [5.74, 6) is 6.63. The van der Waals surface area contributed by atoms with Crippen LogP contribution in [0.5, 0.6) is 0 Å². The Morgan fingerprint density at radius 3 is 1.70 bits per heavy atom. The lowest BCUT2D eigenvalue weighted by molar-refractivity contribution is 0.304. The number of hydrogen-bond acceptors (Lipinski definition) is 4. The number of allylic oxidation sites excluding steroid dienone is 2. The van der Waals surface area contributed by atoms with Crippen LogP contribution in [-0.2, 0) is 0 Å². The van der Waals surface area contributed by atoms with Crippen LogP contribution >= 0.6 is 0 Å². The Kier molecular flexibility index (Phi) is 1.55. The molecule has 5 saturated carbocycles. The minimum Gasteiger partial charge on any atom is -0.411 e. The van der Waals surface area contributed by atoms with Gasteiger partial charge in [-0.1, -0.05) is 22.5 Å². The summed E-state index contributed by atoms with van der Waals surface area (Å²) in [4.78, 5) is 0. The van der Waals surface area contributed by atoms with E-state index in [0.717, 1.165) is 47.9 Å². The SMILES string of the molecule is O/N=C1/C[C@H]2[C@@H]3C/C(=N/O)[C@H]4[C@@H]3C3C5[C@H](C=C[C@@H]54)[C@H]1[C@H]32. The van der Waals surface area contributed by atoms with Gasteiger partial charge in [-0.3, -0.25) is 0 Å². The van der Waals surface area contributed by atoms with Crippen molar-refractivity contribution in [3.05, 3.63) is 12.2 Å². The third kappa shape index (κ3) is 0.798. The Hall–Kier alpha value is -1.32.